The second-order valence-electron chi connectivity index (χ2n) is 6.41. The smallest absolute Gasteiger partial charge is 0.407 e. The van der Waals surface area contributed by atoms with Crippen LogP contribution in [0.1, 0.15) is 51.8 Å². The molecule has 21 heavy (non-hydrogen) atoms. The molecule has 1 atom stereocenters. The molecule has 0 fully saturated rings. The van der Waals surface area contributed by atoms with Crippen LogP contribution in [0.4, 0.5) is 4.79 Å². The summed E-state index contributed by atoms with van der Waals surface area (Å²) in [6, 6.07) is 0.494. The largest absolute Gasteiger partial charge is 0.444 e. The topological polar surface area (TPSA) is 56.1 Å². The molecule has 1 aromatic rings. The Kier molecular flexibility index (Phi) is 5.04. The lowest BCUT2D eigenvalue weighted by Crippen LogP contribution is -2.33. The molecule has 5 heteroatoms. The van der Waals surface area contributed by atoms with Gasteiger partial charge in [0.15, 0.2) is 0 Å². The van der Waals surface area contributed by atoms with Gasteiger partial charge in [0, 0.05) is 30.9 Å². The van der Waals surface area contributed by atoms with Crippen molar-refractivity contribution in [3.8, 4) is 0 Å². The van der Waals surface area contributed by atoms with E-state index in [4.69, 9.17) is 4.74 Å². The molecule has 1 aromatic heterocycles. The second-order valence-corrected chi connectivity index (χ2v) is 6.41. The summed E-state index contributed by atoms with van der Waals surface area (Å²) in [6.07, 6.45) is 12.0. The number of allylic oxidation sites excluding steroid dienone is 2. The van der Waals surface area contributed by atoms with Gasteiger partial charge in [0.25, 0.3) is 0 Å². The van der Waals surface area contributed by atoms with Crippen molar-refractivity contribution in [1.82, 2.24) is 14.9 Å². The minimum Gasteiger partial charge on any atom is -0.444 e. The number of nitrogens with zero attached hydrogens (tertiary/aromatic N) is 2. The summed E-state index contributed by atoms with van der Waals surface area (Å²) in [5.74, 6) is 0. The van der Waals surface area contributed by atoms with Crippen LogP contribution in [-0.2, 0) is 11.2 Å². The molecule has 0 spiro atoms. The summed E-state index contributed by atoms with van der Waals surface area (Å²) in [5, 5.41) is 2.79. The van der Waals surface area contributed by atoms with Gasteiger partial charge in [-0.25, -0.2) is 9.78 Å². The Hall–Kier alpha value is -1.78. The molecule has 0 saturated carbocycles. The van der Waals surface area contributed by atoms with E-state index in [1.54, 1.807) is 0 Å². The fourth-order valence-electron chi connectivity index (χ4n) is 2.49. The van der Waals surface area contributed by atoms with Crippen molar-refractivity contribution in [2.75, 3.05) is 6.54 Å². The molecule has 116 valence electrons. The Morgan fingerprint density at radius 1 is 1.48 bits per heavy atom. The van der Waals surface area contributed by atoms with E-state index in [0.29, 0.717) is 12.6 Å². The lowest BCUT2D eigenvalue weighted by molar-refractivity contribution is 0.0528. The van der Waals surface area contributed by atoms with Crippen LogP contribution in [-0.4, -0.2) is 27.8 Å². The van der Waals surface area contributed by atoms with Crippen molar-refractivity contribution in [1.29, 1.82) is 0 Å². The molecule has 1 amide bonds. The number of nitrogens with one attached hydrogen (secondary N) is 1. The molecule has 1 aliphatic carbocycles. The number of carbonyl (C=O) groups excluding carboxylic acids is 1. The van der Waals surface area contributed by atoms with Crippen LogP contribution in [0.5, 0.6) is 0 Å². The minimum absolute atomic E-state index is 0.367. The number of aromatic nitrogens is 2. The summed E-state index contributed by atoms with van der Waals surface area (Å²) < 4.78 is 7.46. The molecule has 1 heterocycles. The van der Waals surface area contributed by atoms with E-state index in [1.807, 2.05) is 33.3 Å². The normalized spacial score (nSPS) is 18.5. The van der Waals surface area contributed by atoms with Gasteiger partial charge in [-0.3, -0.25) is 0 Å². The number of hydrogen-bond donors (Lipinski definition) is 1. The highest BCUT2D eigenvalue weighted by Crippen LogP contribution is 2.24. The van der Waals surface area contributed by atoms with Gasteiger partial charge in [0.2, 0.25) is 0 Å². The first-order valence-electron chi connectivity index (χ1n) is 7.58. The third-order valence-electron chi connectivity index (χ3n) is 3.43. The fraction of sp³-hybridized carbons (Fsp3) is 0.625. The first-order valence-corrected chi connectivity index (χ1v) is 7.58. The molecule has 0 bridgehead atoms. The summed E-state index contributed by atoms with van der Waals surface area (Å²) >= 11 is 0. The molecule has 0 aliphatic heterocycles. The standard InChI is InChI=1S/C16H25N3O2/c1-16(2,3)21-15(20)18-10-9-14-11-17-12-19(14)13-7-5-4-6-8-13/h4-5,11-13H,6-10H2,1-3H3,(H,18,20). The Morgan fingerprint density at radius 3 is 2.95 bits per heavy atom. The lowest BCUT2D eigenvalue weighted by Gasteiger charge is -2.22. The average molecular weight is 291 g/mol. The van der Waals surface area contributed by atoms with E-state index in [2.05, 4.69) is 27.0 Å². The van der Waals surface area contributed by atoms with Gasteiger partial charge in [-0.05, 0) is 40.0 Å². The third kappa shape index (κ3) is 4.92. The maximum atomic E-state index is 11.6. The highest BCUT2D eigenvalue weighted by atomic mass is 16.6. The van der Waals surface area contributed by atoms with Gasteiger partial charge in [-0.2, -0.15) is 0 Å². The zero-order valence-corrected chi connectivity index (χ0v) is 13.1. The van der Waals surface area contributed by atoms with Crippen molar-refractivity contribution < 1.29 is 9.53 Å². The molecule has 2 rings (SSSR count). The van der Waals surface area contributed by atoms with Crippen LogP contribution in [0.3, 0.4) is 0 Å². The molecular weight excluding hydrogens is 266 g/mol. The molecule has 0 saturated heterocycles. The van der Waals surface area contributed by atoms with Gasteiger partial charge in [0.1, 0.15) is 5.60 Å². The predicted octanol–water partition coefficient (Wildman–Crippen LogP) is 3.23. The number of imidazole rings is 1. The van der Waals surface area contributed by atoms with E-state index < -0.39 is 5.60 Å². The molecule has 1 aliphatic rings. The van der Waals surface area contributed by atoms with Crippen molar-refractivity contribution in [3.63, 3.8) is 0 Å². The number of ether oxygens (including phenoxy) is 1. The Bertz CT molecular complexity index is 500. The highest BCUT2D eigenvalue weighted by Gasteiger charge is 2.17. The molecular formula is C16H25N3O2. The molecule has 0 radical (unpaired) electrons. The second kappa shape index (κ2) is 6.78. The predicted molar refractivity (Wildman–Crippen MR) is 82.2 cm³/mol. The maximum absolute atomic E-state index is 11.6. The summed E-state index contributed by atoms with van der Waals surface area (Å²) in [5.41, 5.74) is 0.701. The zero-order chi connectivity index (χ0) is 15.3. The number of alkyl carbamates (subject to hydrolysis) is 1. The van der Waals surface area contributed by atoms with Crippen LogP contribution < -0.4 is 5.32 Å². The van der Waals surface area contributed by atoms with E-state index in [9.17, 15) is 4.79 Å². The van der Waals surface area contributed by atoms with Crippen molar-refractivity contribution in [2.45, 2.75) is 58.1 Å². The monoisotopic (exact) mass is 291 g/mol. The minimum atomic E-state index is -0.458. The third-order valence-corrected chi connectivity index (χ3v) is 3.43. The van der Waals surface area contributed by atoms with Crippen LogP contribution in [0, 0.1) is 0 Å². The lowest BCUT2D eigenvalue weighted by atomic mass is 10.0. The van der Waals surface area contributed by atoms with Crippen LogP contribution in [0.15, 0.2) is 24.7 Å². The summed E-state index contributed by atoms with van der Waals surface area (Å²) in [6.45, 7) is 6.14. The number of carbonyl (C=O) groups is 1. The molecule has 1 unspecified atom stereocenters. The fourth-order valence-corrected chi connectivity index (χ4v) is 2.49. The molecule has 1 N–H and O–H groups in total. The van der Waals surface area contributed by atoms with Gasteiger partial charge in [-0.1, -0.05) is 12.2 Å². The van der Waals surface area contributed by atoms with Gasteiger partial charge in [-0.15, -0.1) is 0 Å². The van der Waals surface area contributed by atoms with Crippen molar-refractivity contribution in [3.05, 3.63) is 30.4 Å². The van der Waals surface area contributed by atoms with Crippen LogP contribution in [0.25, 0.3) is 0 Å². The number of amides is 1. The Morgan fingerprint density at radius 2 is 2.29 bits per heavy atom. The van der Waals surface area contributed by atoms with Crippen molar-refractivity contribution in [2.24, 2.45) is 0 Å². The maximum Gasteiger partial charge on any atom is 0.407 e. The first-order chi connectivity index (χ1) is 9.96. The Labute approximate surface area is 126 Å². The van der Waals surface area contributed by atoms with E-state index in [0.717, 1.165) is 31.4 Å². The molecule has 5 nitrogen and oxygen atoms in total. The zero-order valence-electron chi connectivity index (χ0n) is 13.1. The first kappa shape index (κ1) is 15.6. The highest BCUT2D eigenvalue weighted by molar-refractivity contribution is 5.67. The number of hydrogen-bond acceptors (Lipinski definition) is 3. The summed E-state index contributed by atoms with van der Waals surface area (Å²) in [7, 11) is 0. The van der Waals surface area contributed by atoms with Crippen LogP contribution >= 0.6 is 0 Å². The molecule has 0 aromatic carbocycles. The number of rotatable bonds is 4. The SMILES string of the molecule is CC(C)(C)OC(=O)NCCc1cncn1C1CC=CCC1. The summed E-state index contributed by atoms with van der Waals surface area (Å²) in [4.78, 5) is 15.9. The van der Waals surface area contributed by atoms with Gasteiger partial charge >= 0.3 is 6.09 Å². The van der Waals surface area contributed by atoms with Gasteiger partial charge < -0.3 is 14.6 Å². The van der Waals surface area contributed by atoms with Crippen LogP contribution in [0.2, 0.25) is 0 Å². The Balaban J connectivity index is 1.83. The van der Waals surface area contributed by atoms with E-state index >= 15 is 0 Å². The average Bonchev–Trinajstić information content (AvgIpc) is 2.86. The van der Waals surface area contributed by atoms with E-state index in [-0.39, 0.29) is 6.09 Å². The van der Waals surface area contributed by atoms with E-state index in [1.165, 1.54) is 0 Å². The van der Waals surface area contributed by atoms with Gasteiger partial charge in [0.05, 0.1) is 6.33 Å². The quantitative estimate of drug-likeness (QED) is 0.866. The van der Waals surface area contributed by atoms with Crippen molar-refractivity contribution >= 4 is 6.09 Å².